The van der Waals surface area contributed by atoms with Gasteiger partial charge in [-0.1, -0.05) is 6.07 Å². The molecule has 1 unspecified atom stereocenters. The molecule has 0 radical (unpaired) electrons. The van der Waals surface area contributed by atoms with E-state index in [-0.39, 0.29) is 11.1 Å². The summed E-state index contributed by atoms with van der Waals surface area (Å²) in [5.74, 6) is 0. The molecule has 0 amide bonds. The zero-order valence-electron chi connectivity index (χ0n) is 17.3. The number of hydrogen-bond donors (Lipinski definition) is 2. The van der Waals surface area contributed by atoms with Crippen LogP contribution < -0.4 is 10.2 Å². The Morgan fingerprint density at radius 3 is 2.50 bits per heavy atom. The van der Waals surface area contributed by atoms with E-state index in [1.54, 1.807) is 23.2 Å². The molecule has 30 heavy (non-hydrogen) atoms. The first-order valence-corrected chi connectivity index (χ1v) is 10.9. The normalized spacial score (nSPS) is 29.9. The molecule has 0 bridgehead atoms. The van der Waals surface area contributed by atoms with Crippen LogP contribution in [0.15, 0.2) is 29.8 Å². The molecule has 4 rings (SSSR count). The van der Waals surface area contributed by atoms with Crippen molar-refractivity contribution in [1.82, 2.24) is 15.2 Å². The lowest BCUT2D eigenvalue weighted by Crippen LogP contribution is -2.54. The summed E-state index contributed by atoms with van der Waals surface area (Å²) in [6.07, 6.45) is -0.589. The number of halogens is 3. The van der Waals surface area contributed by atoms with Gasteiger partial charge in [0.2, 0.25) is 0 Å². The van der Waals surface area contributed by atoms with Gasteiger partial charge >= 0.3 is 6.18 Å². The summed E-state index contributed by atoms with van der Waals surface area (Å²) < 4.78 is 38.9. The first kappa shape index (κ1) is 21.5. The number of nitrogens with zero attached hydrogens (tertiary/aromatic N) is 3. The Hall–Kier alpha value is -1.68. The molecule has 1 atom stereocenters. The second-order valence-corrected chi connectivity index (χ2v) is 9.63. The van der Waals surface area contributed by atoms with Gasteiger partial charge in [-0.05, 0) is 69.8 Å². The molecule has 1 aliphatic heterocycles. The predicted molar refractivity (Wildman–Crippen MR) is 111 cm³/mol. The number of anilines is 1. The van der Waals surface area contributed by atoms with E-state index >= 15 is 0 Å². The van der Waals surface area contributed by atoms with Gasteiger partial charge < -0.3 is 10.0 Å². The monoisotopic (exact) mass is 440 g/mol. The molecule has 3 heterocycles. The standard InChI is InChI=1S/C21H27F3N4OS/c1-14-11-16(21(22,23)24)25-12-15(14)28-13-19(26-18(28)29)6-8-20(9-7-19,27(2)3)17-5-4-10-30-17/h4-5,10-12,18,26,29H,6-9,13H2,1-3H3. The molecule has 5 nitrogen and oxygen atoms in total. The molecule has 2 aromatic rings. The molecule has 9 heteroatoms. The van der Waals surface area contributed by atoms with Crippen molar-refractivity contribution in [3.63, 3.8) is 0 Å². The van der Waals surface area contributed by atoms with Crippen LogP contribution in [0.1, 0.15) is 41.8 Å². The number of thiophene rings is 1. The molecule has 2 aliphatic rings. The summed E-state index contributed by atoms with van der Waals surface area (Å²) in [5, 5.41) is 16.1. The van der Waals surface area contributed by atoms with Crippen molar-refractivity contribution in [3.8, 4) is 0 Å². The first-order valence-electron chi connectivity index (χ1n) is 10.0. The fourth-order valence-electron chi connectivity index (χ4n) is 4.93. The summed E-state index contributed by atoms with van der Waals surface area (Å²) in [4.78, 5) is 8.96. The molecule has 164 valence electrons. The van der Waals surface area contributed by atoms with E-state index in [4.69, 9.17) is 0 Å². The van der Waals surface area contributed by atoms with Crippen molar-refractivity contribution in [2.45, 2.75) is 56.2 Å². The maximum absolute atomic E-state index is 13.0. The van der Waals surface area contributed by atoms with Crippen LogP contribution in [0, 0.1) is 6.92 Å². The maximum Gasteiger partial charge on any atom is 0.433 e. The van der Waals surface area contributed by atoms with Crippen molar-refractivity contribution in [2.24, 2.45) is 0 Å². The average molecular weight is 441 g/mol. The molecule has 1 saturated heterocycles. The number of aliphatic hydroxyl groups is 1. The minimum absolute atomic E-state index is 0.0225. The van der Waals surface area contributed by atoms with Crippen LogP contribution in [0.4, 0.5) is 18.9 Å². The third-order valence-electron chi connectivity index (χ3n) is 6.76. The number of pyridine rings is 1. The number of hydrogen-bond acceptors (Lipinski definition) is 6. The Kier molecular flexibility index (Phi) is 5.37. The average Bonchev–Trinajstić information content (AvgIpc) is 3.31. The molecular weight excluding hydrogens is 413 g/mol. The van der Waals surface area contributed by atoms with Crippen molar-refractivity contribution in [1.29, 1.82) is 0 Å². The van der Waals surface area contributed by atoms with Crippen LogP contribution >= 0.6 is 11.3 Å². The molecule has 2 fully saturated rings. The Morgan fingerprint density at radius 1 is 1.27 bits per heavy atom. The van der Waals surface area contributed by atoms with Crippen LogP contribution in [-0.2, 0) is 11.7 Å². The zero-order valence-corrected chi connectivity index (χ0v) is 18.1. The minimum Gasteiger partial charge on any atom is -0.361 e. The van der Waals surface area contributed by atoms with Crippen molar-refractivity contribution < 1.29 is 18.3 Å². The van der Waals surface area contributed by atoms with E-state index in [1.165, 1.54) is 11.1 Å². The number of aryl methyl sites for hydroxylation is 1. The fraction of sp³-hybridized carbons (Fsp3) is 0.571. The van der Waals surface area contributed by atoms with E-state index in [2.05, 4.69) is 46.8 Å². The van der Waals surface area contributed by atoms with E-state index < -0.39 is 18.2 Å². The second kappa shape index (κ2) is 7.47. The fourth-order valence-corrected chi connectivity index (χ4v) is 6.00. The Labute approximate surface area is 178 Å². The molecule has 0 aromatic carbocycles. The van der Waals surface area contributed by atoms with Gasteiger partial charge in [-0.3, -0.25) is 10.2 Å². The second-order valence-electron chi connectivity index (χ2n) is 8.68. The van der Waals surface area contributed by atoms with E-state index in [0.717, 1.165) is 31.7 Å². The van der Waals surface area contributed by atoms with E-state index in [9.17, 15) is 18.3 Å². The highest BCUT2D eigenvalue weighted by atomic mass is 32.1. The maximum atomic E-state index is 13.0. The lowest BCUT2D eigenvalue weighted by Gasteiger charge is -2.48. The largest absolute Gasteiger partial charge is 0.433 e. The van der Waals surface area contributed by atoms with Gasteiger partial charge in [0.05, 0.1) is 17.4 Å². The van der Waals surface area contributed by atoms with Gasteiger partial charge in [0, 0.05) is 17.0 Å². The third kappa shape index (κ3) is 3.62. The topological polar surface area (TPSA) is 51.6 Å². The van der Waals surface area contributed by atoms with E-state index in [0.29, 0.717) is 17.8 Å². The number of alkyl halides is 3. The van der Waals surface area contributed by atoms with Crippen LogP contribution in [-0.4, -0.2) is 47.5 Å². The van der Waals surface area contributed by atoms with Crippen LogP contribution in [0.5, 0.6) is 0 Å². The van der Waals surface area contributed by atoms with Gasteiger partial charge in [-0.2, -0.15) is 13.2 Å². The highest BCUT2D eigenvalue weighted by molar-refractivity contribution is 7.10. The smallest absolute Gasteiger partial charge is 0.361 e. The van der Waals surface area contributed by atoms with Gasteiger partial charge in [0.15, 0.2) is 6.35 Å². The van der Waals surface area contributed by atoms with Gasteiger partial charge in [-0.15, -0.1) is 11.3 Å². The molecule has 2 aromatic heterocycles. The zero-order chi connectivity index (χ0) is 21.7. The number of aliphatic hydroxyl groups excluding tert-OH is 1. The highest BCUT2D eigenvalue weighted by Gasteiger charge is 2.50. The summed E-state index contributed by atoms with van der Waals surface area (Å²) in [6.45, 7) is 2.16. The van der Waals surface area contributed by atoms with Crippen molar-refractivity contribution >= 4 is 17.0 Å². The summed E-state index contributed by atoms with van der Waals surface area (Å²) in [5.41, 5.74) is -0.226. The number of rotatable bonds is 3. The molecular formula is C21H27F3N4OS. The van der Waals surface area contributed by atoms with Gasteiger partial charge in [0.1, 0.15) is 5.69 Å². The summed E-state index contributed by atoms with van der Waals surface area (Å²) >= 11 is 1.77. The van der Waals surface area contributed by atoms with E-state index in [1.807, 2.05) is 0 Å². The lowest BCUT2D eigenvalue weighted by atomic mass is 9.71. The lowest BCUT2D eigenvalue weighted by molar-refractivity contribution is -0.141. The molecule has 2 N–H and O–H groups in total. The van der Waals surface area contributed by atoms with Crippen molar-refractivity contribution in [2.75, 3.05) is 25.5 Å². The van der Waals surface area contributed by atoms with Crippen LogP contribution in [0.25, 0.3) is 0 Å². The Balaban J connectivity index is 1.54. The van der Waals surface area contributed by atoms with Gasteiger partial charge in [0.25, 0.3) is 0 Å². The number of aromatic nitrogens is 1. The first-order chi connectivity index (χ1) is 14.1. The minimum atomic E-state index is -4.48. The SMILES string of the molecule is Cc1cc(C(F)(F)F)ncc1N1CC2(CCC(c3cccs3)(N(C)C)CC2)NC1O. The van der Waals surface area contributed by atoms with Crippen LogP contribution in [0.2, 0.25) is 0 Å². The third-order valence-corrected chi connectivity index (χ3v) is 7.82. The predicted octanol–water partition coefficient (Wildman–Crippen LogP) is 3.93. The van der Waals surface area contributed by atoms with Crippen LogP contribution in [0.3, 0.4) is 0 Å². The van der Waals surface area contributed by atoms with Gasteiger partial charge in [-0.25, -0.2) is 4.98 Å². The summed E-state index contributed by atoms with van der Waals surface area (Å²) in [6, 6.07) is 5.31. The summed E-state index contributed by atoms with van der Waals surface area (Å²) in [7, 11) is 4.22. The Bertz CT molecular complexity index is 892. The molecule has 1 aliphatic carbocycles. The highest BCUT2D eigenvalue weighted by Crippen LogP contribution is 2.48. The molecule has 1 saturated carbocycles. The Morgan fingerprint density at radius 2 is 1.97 bits per heavy atom. The number of nitrogens with one attached hydrogen (secondary N) is 1. The molecule has 1 spiro atoms. The quantitative estimate of drug-likeness (QED) is 0.758. The van der Waals surface area contributed by atoms with Crippen molar-refractivity contribution in [3.05, 3.63) is 45.9 Å².